The van der Waals surface area contributed by atoms with E-state index in [1.807, 2.05) is 0 Å². The summed E-state index contributed by atoms with van der Waals surface area (Å²) in [4.78, 5) is 0. The molecule has 0 aromatic heterocycles. The van der Waals surface area contributed by atoms with E-state index in [1.54, 1.807) is 0 Å². The van der Waals surface area contributed by atoms with Gasteiger partial charge in [0.1, 0.15) is 0 Å². The molecule has 0 radical (unpaired) electrons. The molecule has 0 saturated heterocycles. The van der Waals surface area contributed by atoms with Crippen LogP contribution in [0.4, 0.5) is 0 Å². The van der Waals surface area contributed by atoms with Gasteiger partial charge in [-0.1, -0.05) is 78.6 Å². The van der Waals surface area contributed by atoms with Crippen molar-refractivity contribution in [1.29, 1.82) is 0 Å². The van der Waals surface area contributed by atoms with Crippen LogP contribution in [0.5, 0.6) is 0 Å². The van der Waals surface area contributed by atoms with Gasteiger partial charge >= 0.3 is 0 Å². The summed E-state index contributed by atoms with van der Waals surface area (Å²) in [6.45, 7) is 36.9. The summed E-state index contributed by atoms with van der Waals surface area (Å²) < 4.78 is 16.1. The first-order valence-electron chi connectivity index (χ1n) is 14.3. The van der Waals surface area contributed by atoms with Gasteiger partial charge in [-0.3, -0.25) is 0 Å². The molecule has 0 aromatic rings. The van der Waals surface area contributed by atoms with Crippen molar-refractivity contribution in [2.45, 2.75) is 98.2 Å². The SMILES string of the molecule is CN(C)[SiH2]N([SiH](C)C)[SiH](C)C.CN(C)[SiH](C)N([SiH](C)C)[SiH](C)C.CN(C)[Si](C)(C)N([SiH](C)C)[SiH](C)C. The van der Waals surface area contributed by atoms with Crippen molar-refractivity contribution < 1.29 is 0 Å². The monoisotopic (exact) mass is 660 g/mol. The Balaban J connectivity index is -0.000000455. The lowest BCUT2D eigenvalue weighted by Gasteiger charge is -2.46. The third kappa shape index (κ3) is 17.4. The zero-order valence-electron chi connectivity index (χ0n) is 28.9. The van der Waals surface area contributed by atoms with Crippen LogP contribution in [0.3, 0.4) is 0 Å². The van der Waals surface area contributed by atoms with Crippen molar-refractivity contribution in [1.82, 2.24) is 25.4 Å². The highest BCUT2D eigenvalue weighted by Crippen LogP contribution is 2.16. The maximum absolute atomic E-state index is 2.94. The minimum Gasteiger partial charge on any atom is -0.366 e. The van der Waals surface area contributed by atoms with Crippen LogP contribution in [-0.2, 0) is 0 Å². The topological polar surface area (TPSA) is 19.4 Å². The molecule has 222 valence electrons. The van der Waals surface area contributed by atoms with Crippen molar-refractivity contribution in [2.75, 3.05) is 42.3 Å². The molecule has 0 rings (SSSR count). The van der Waals surface area contributed by atoms with Gasteiger partial charge in [0.15, 0.2) is 27.4 Å². The van der Waals surface area contributed by atoms with Crippen molar-refractivity contribution in [3.63, 3.8) is 0 Å². The largest absolute Gasteiger partial charge is 0.366 e. The fraction of sp³-hybridized carbons (Fsp3) is 1.00. The highest BCUT2D eigenvalue weighted by molar-refractivity contribution is 6.92. The molecule has 0 aliphatic heterocycles. The van der Waals surface area contributed by atoms with Gasteiger partial charge in [0.25, 0.3) is 0 Å². The highest BCUT2D eigenvalue weighted by atomic mass is 28.4. The van der Waals surface area contributed by atoms with Crippen LogP contribution in [0.2, 0.25) is 98.2 Å². The molecule has 0 fully saturated rings. The average molecular weight is 662 g/mol. The summed E-state index contributed by atoms with van der Waals surface area (Å²) in [5.74, 6) is 0. The smallest absolute Gasteiger partial charge is 0.186 e. The number of rotatable bonds is 12. The maximum Gasteiger partial charge on any atom is 0.186 e. The first-order chi connectivity index (χ1) is 16.0. The summed E-state index contributed by atoms with van der Waals surface area (Å²) in [5, 5.41) is 0. The average Bonchev–Trinajstić information content (AvgIpc) is 2.64. The molecule has 0 bridgehead atoms. The number of hydrogen-bond donors (Lipinski definition) is 0. The molecule has 0 amide bonds. The first-order valence-corrected chi connectivity index (χ1v) is 37.6. The van der Waals surface area contributed by atoms with Crippen molar-refractivity contribution in [2.24, 2.45) is 0 Å². The lowest BCUT2D eigenvalue weighted by molar-refractivity contribution is 0.581. The first kappa shape index (κ1) is 42.2. The van der Waals surface area contributed by atoms with E-state index in [0.29, 0.717) is 0 Å². The third-order valence-corrected chi connectivity index (χ3v) is 50.1. The molecule has 36 heavy (non-hydrogen) atoms. The second kappa shape index (κ2) is 20.6. The molecule has 0 saturated carbocycles. The molecule has 1 atom stereocenters. The minimum absolute atomic E-state index is 0.0448. The van der Waals surface area contributed by atoms with E-state index in [9.17, 15) is 0 Å². The predicted molar refractivity (Wildman–Crippen MR) is 199 cm³/mol. The van der Waals surface area contributed by atoms with Gasteiger partial charge in [-0.25, -0.2) is 0 Å². The van der Waals surface area contributed by atoms with Gasteiger partial charge in [0.05, 0.1) is 53.7 Å². The quantitative estimate of drug-likeness (QED) is 0.297. The van der Waals surface area contributed by atoms with Gasteiger partial charge in [0.2, 0.25) is 0 Å². The van der Waals surface area contributed by atoms with Crippen LogP contribution >= 0.6 is 0 Å². The second-order valence-electron chi connectivity index (χ2n) is 13.1. The van der Waals surface area contributed by atoms with Gasteiger partial charge in [-0.15, -0.1) is 0 Å². The Kier molecular flexibility index (Phi) is 24.1. The molecule has 0 aromatic carbocycles. The zero-order valence-corrected chi connectivity index (χ0v) is 39.4. The normalized spacial score (nSPS) is 14.2. The molecule has 0 heterocycles. The van der Waals surface area contributed by atoms with E-state index in [0.717, 1.165) is 0 Å². The molecule has 15 heteroatoms. The van der Waals surface area contributed by atoms with Crippen LogP contribution in [-0.4, -0.2) is 149 Å². The third-order valence-electron chi connectivity index (χ3n) is 6.98. The fourth-order valence-corrected chi connectivity index (χ4v) is 45.6. The van der Waals surface area contributed by atoms with Crippen molar-refractivity contribution in [3.05, 3.63) is 0 Å². The Hall–Kier alpha value is 1.71. The van der Waals surface area contributed by atoms with Crippen LogP contribution in [0.1, 0.15) is 0 Å². The van der Waals surface area contributed by atoms with Gasteiger partial charge in [-0.2, -0.15) is 0 Å². The molecule has 6 nitrogen and oxygen atoms in total. The Morgan fingerprint density at radius 1 is 0.500 bits per heavy atom. The van der Waals surface area contributed by atoms with Crippen molar-refractivity contribution in [3.8, 4) is 0 Å². The van der Waals surface area contributed by atoms with Crippen LogP contribution in [0.25, 0.3) is 0 Å². The van der Waals surface area contributed by atoms with E-state index >= 15 is 0 Å². The van der Waals surface area contributed by atoms with Gasteiger partial charge in [0, 0.05) is 0 Å². The fourth-order valence-electron chi connectivity index (χ4n) is 5.07. The van der Waals surface area contributed by atoms with E-state index < -0.39 is 71.3 Å². The second-order valence-corrected chi connectivity index (χ2v) is 44.9. The molecule has 0 spiro atoms. The Morgan fingerprint density at radius 3 is 0.917 bits per heavy atom. The molecular weight excluding hydrogens is 589 g/mol. The summed E-state index contributed by atoms with van der Waals surface area (Å²) >= 11 is 0. The summed E-state index contributed by atoms with van der Waals surface area (Å²) in [6.07, 6.45) is 0. The van der Waals surface area contributed by atoms with Crippen LogP contribution in [0.15, 0.2) is 0 Å². The molecule has 0 aliphatic rings. The molecule has 1 unspecified atom stereocenters. The van der Waals surface area contributed by atoms with E-state index in [1.165, 1.54) is 0 Å². The highest BCUT2D eigenvalue weighted by Gasteiger charge is 2.35. The predicted octanol–water partition coefficient (Wildman–Crippen LogP) is 2.00. The number of hydrogen-bond acceptors (Lipinski definition) is 6. The van der Waals surface area contributed by atoms with Gasteiger partial charge < -0.3 is 25.4 Å². The Bertz CT molecular complexity index is 512. The van der Waals surface area contributed by atoms with E-state index in [4.69, 9.17) is 0 Å². The van der Waals surface area contributed by atoms with E-state index in [2.05, 4.69) is 166 Å². The lowest BCUT2D eigenvalue weighted by atomic mass is 11.3. The Labute approximate surface area is 245 Å². The van der Waals surface area contributed by atoms with Crippen LogP contribution < -0.4 is 0 Å². The van der Waals surface area contributed by atoms with Gasteiger partial charge in [-0.05, 0) is 61.9 Å². The Morgan fingerprint density at radius 2 is 0.833 bits per heavy atom. The molecule has 0 N–H and O–H groups in total. The van der Waals surface area contributed by atoms with Crippen LogP contribution in [0, 0.1) is 0 Å². The molecule has 0 aliphatic carbocycles. The van der Waals surface area contributed by atoms with Crippen molar-refractivity contribution >= 4 is 81.1 Å². The van der Waals surface area contributed by atoms with E-state index in [-0.39, 0.29) is 9.84 Å². The lowest BCUT2D eigenvalue weighted by Crippen LogP contribution is -2.66. The number of nitrogens with zero attached hydrogens (tertiary/aromatic N) is 6. The maximum atomic E-state index is 2.94. The summed E-state index contributed by atoms with van der Waals surface area (Å²) in [7, 11) is 8.10. The minimum atomic E-state index is -1.25. The standard InChI is InChI=1S/C8H26N2Si3.C7H24N2Si3.C6H22N2Si3/c1-9(2)13(7,8)10(11(3)4)12(5)6;1-8(2)12(7)9(10(3)4)11(5)6;1-7(2)9-8(10(3)4)11(5)6/h11-12H,1-8H3;10-12H,1-7H3;10-11H,9H2,1-6H3. The molecular formula is C21H72N6Si9. The zero-order chi connectivity index (χ0) is 29.7. The summed E-state index contributed by atoms with van der Waals surface area (Å²) in [6, 6.07) is 0. The summed E-state index contributed by atoms with van der Waals surface area (Å²) in [5.41, 5.74) is 0.